The van der Waals surface area contributed by atoms with Crippen molar-refractivity contribution >= 4 is 11.9 Å². The molecule has 2 aliphatic carbocycles. The highest BCUT2D eigenvalue weighted by Gasteiger charge is 2.69. The molecule has 0 aromatic rings. The Balaban J connectivity index is 1.85. The molecule has 4 rings (SSSR count). The van der Waals surface area contributed by atoms with Gasteiger partial charge in [0, 0.05) is 23.8 Å². The van der Waals surface area contributed by atoms with Crippen LogP contribution < -0.4 is 5.32 Å². The fourth-order valence-electron chi connectivity index (χ4n) is 6.56. The van der Waals surface area contributed by atoms with Crippen LogP contribution in [0.15, 0.2) is 23.3 Å². The molecule has 0 bridgehead atoms. The van der Waals surface area contributed by atoms with E-state index in [1.165, 1.54) is 5.57 Å². The van der Waals surface area contributed by atoms with Gasteiger partial charge in [-0.2, -0.15) is 0 Å². The summed E-state index contributed by atoms with van der Waals surface area (Å²) in [6.07, 6.45) is 6.59. The highest BCUT2D eigenvalue weighted by molar-refractivity contribution is 5.94. The van der Waals surface area contributed by atoms with Crippen molar-refractivity contribution in [3.05, 3.63) is 23.3 Å². The van der Waals surface area contributed by atoms with Crippen LogP contribution in [0.4, 0.5) is 0 Å². The Kier molecular flexibility index (Phi) is 5.17. The van der Waals surface area contributed by atoms with Crippen LogP contribution in [-0.4, -0.2) is 34.7 Å². The lowest BCUT2D eigenvalue weighted by molar-refractivity contribution is -0.202. The van der Waals surface area contributed by atoms with Crippen molar-refractivity contribution in [1.82, 2.24) is 5.32 Å². The van der Waals surface area contributed by atoms with Gasteiger partial charge in [-0.1, -0.05) is 44.1 Å². The number of ether oxygens (including phenoxy) is 1. The van der Waals surface area contributed by atoms with Gasteiger partial charge >= 0.3 is 5.97 Å². The number of aliphatic hydroxyl groups excluding tert-OH is 1. The number of fused-ring (bicyclic) bond motifs is 2. The molecule has 4 aliphatic rings. The number of nitrogens with one attached hydrogen (secondary N) is 1. The number of rotatable bonds is 2. The molecule has 8 unspecified atom stereocenters. The maximum atomic E-state index is 13.5. The van der Waals surface area contributed by atoms with Crippen molar-refractivity contribution in [2.24, 2.45) is 35.5 Å². The number of amides is 1. The molecule has 1 spiro atoms. The van der Waals surface area contributed by atoms with Crippen molar-refractivity contribution in [2.75, 3.05) is 0 Å². The second-order valence-electron chi connectivity index (χ2n) is 10.2. The van der Waals surface area contributed by atoms with E-state index in [0.717, 1.165) is 18.4 Å². The molecule has 2 N–H and O–H groups in total. The van der Waals surface area contributed by atoms with Crippen LogP contribution in [0.5, 0.6) is 0 Å². The molecule has 2 fully saturated rings. The molecule has 1 amide bonds. The number of allylic oxidation sites excluding steroid dienone is 3. The zero-order valence-electron chi connectivity index (χ0n) is 18.3. The highest BCUT2D eigenvalue weighted by Crippen LogP contribution is 2.57. The van der Waals surface area contributed by atoms with Gasteiger partial charge in [0.1, 0.15) is 0 Å². The lowest BCUT2D eigenvalue weighted by Crippen LogP contribution is -2.63. The van der Waals surface area contributed by atoms with E-state index in [4.69, 9.17) is 4.74 Å². The van der Waals surface area contributed by atoms with E-state index in [-0.39, 0.29) is 41.6 Å². The van der Waals surface area contributed by atoms with E-state index in [0.29, 0.717) is 18.8 Å². The first-order valence-corrected chi connectivity index (χ1v) is 11.2. The van der Waals surface area contributed by atoms with Gasteiger partial charge in [-0.3, -0.25) is 9.59 Å². The summed E-state index contributed by atoms with van der Waals surface area (Å²) in [6.45, 7) is 10.7. The molecule has 0 aromatic carbocycles. The Labute approximate surface area is 174 Å². The second-order valence-corrected chi connectivity index (χ2v) is 10.2. The van der Waals surface area contributed by atoms with Crippen molar-refractivity contribution in [1.29, 1.82) is 0 Å². The van der Waals surface area contributed by atoms with E-state index < -0.39 is 17.6 Å². The van der Waals surface area contributed by atoms with Crippen LogP contribution >= 0.6 is 0 Å². The highest BCUT2D eigenvalue weighted by atomic mass is 16.6. The largest absolute Gasteiger partial charge is 0.448 e. The molecular weight excluding hydrogens is 366 g/mol. The fraction of sp³-hybridized carbons (Fsp3) is 0.750. The zero-order valence-corrected chi connectivity index (χ0v) is 18.3. The third kappa shape index (κ3) is 3.08. The lowest BCUT2D eigenvalue weighted by Gasteiger charge is -2.53. The fourth-order valence-corrected chi connectivity index (χ4v) is 6.56. The number of hydrogen-bond acceptors (Lipinski definition) is 4. The Bertz CT molecular complexity index is 769. The Hall–Kier alpha value is -1.62. The summed E-state index contributed by atoms with van der Waals surface area (Å²) in [5.74, 6) is -0.557. The van der Waals surface area contributed by atoms with Gasteiger partial charge in [-0.15, -0.1) is 0 Å². The second kappa shape index (κ2) is 7.26. The van der Waals surface area contributed by atoms with E-state index in [1.807, 2.05) is 0 Å². The normalized spacial score (nSPS) is 44.4. The Morgan fingerprint density at radius 1 is 1.28 bits per heavy atom. The van der Waals surface area contributed by atoms with Crippen LogP contribution in [0.1, 0.15) is 60.3 Å². The van der Waals surface area contributed by atoms with Crippen molar-refractivity contribution in [3.8, 4) is 0 Å². The SMILES string of the molecule is CC1=CC2C3C(C)=CCCC(O)CC3C(=O)OC23C(=O)NC(CC(C)C)C3C1C. The number of carbonyl (C=O) groups is 2. The third-order valence-electron chi connectivity index (χ3n) is 7.93. The van der Waals surface area contributed by atoms with Gasteiger partial charge < -0.3 is 15.2 Å². The molecule has 0 radical (unpaired) electrons. The van der Waals surface area contributed by atoms with Gasteiger partial charge in [0.15, 0.2) is 0 Å². The summed E-state index contributed by atoms with van der Waals surface area (Å²) in [6, 6.07) is 0.0106. The molecule has 8 atom stereocenters. The van der Waals surface area contributed by atoms with Crippen molar-refractivity contribution in [2.45, 2.75) is 78.0 Å². The van der Waals surface area contributed by atoms with Gasteiger partial charge in [-0.05, 0) is 51.4 Å². The van der Waals surface area contributed by atoms with E-state index in [1.54, 1.807) is 0 Å². The maximum Gasteiger partial charge on any atom is 0.310 e. The molecule has 5 nitrogen and oxygen atoms in total. The zero-order chi connectivity index (χ0) is 21.1. The molecule has 160 valence electrons. The average Bonchev–Trinajstić information content (AvgIpc) is 2.88. The van der Waals surface area contributed by atoms with Crippen molar-refractivity contribution < 1.29 is 19.4 Å². The Morgan fingerprint density at radius 3 is 2.69 bits per heavy atom. The van der Waals surface area contributed by atoms with Gasteiger partial charge in [0.2, 0.25) is 5.60 Å². The van der Waals surface area contributed by atoms with Gasteiger partial charge in [-0.25, -0.2) is 0 Å². The van der Waals surface area contributed by atoms with Gasteiger partial charge in [0.25, 0.3) is 5.91 Å². The van der Waals surface area contributed by atoms with E-state index in [2.05, 4.69) is 52.1 Å². The predicted octanol–water partition coefficient (Wildman–Crippen LogP) is 3.38. The molecule has 0 aromatic heterocycles. The minimum Gasteiger partial charge on any atom is -0.448 e. The van der Waals surface area contributed by atoms with E-state index in [9.17, 15) is 14.7 Å². The minimum absolute atomic E-state index is 0.0106. The third-order valence-corrected chi connectivity index (χ3v) is 7.93. The topological polar surface area (TPSA) is 75.6 Å². The molecule has 0 saturated carbocycles. The molecule has 29 heavy (non-hydrogen) atoms. The lowest BCUT2D eigenvalue weighted by atomic mass is 9.55. The first kappa shape index (κ1) is 20.6. The van der Waals surface area contributed by atoms with Crippen LogP contribution in [0, 0.1) is 35.5 Å². The maximum absolute atomic E-state index is 13.5. The first-order chi connectivity index (χ1) is 13.7. The summed E-state index contributed by atoms with van der Waals surface area (Å²) in [7, 11) is 0. The Morgan fingerprint density at radius 2 is 2.00 bits per heavy atom. The summed E-state index contributed by atoms with van der Waals surface area (Å²) >= 11 is 0. The van der Waals surface area contributed by atoms with Crippen LogP contribution in [0.25, 0.3) is 0 Å². The smallest absolute Gasteiger partial charge is 0.310 e. The van der Waals surface area contributed by atoms with Crippen LogP contribution in [-0.2, 0) is 14.3 Å². The molecule has 2 saturated heterocycles. The van der Waals surface area contributed by atoms with E-state index >= 15 is 0 Å². The standard InChI is InChI=1S/C24H35NO4/c1-12(2)9-19-21-15(5)14(4)10-18-20-13(3)7-6-8-16(26)11-17(20)22(27)29-24(18,21)23(28)25-19/h7,10,12,15-21,26H,6,8-9,11H2,1-5H3,(H,25,28). The summed E-state index contributed by atoms with van der Waals surface area (Å²) in [4.78, 5) is 26.7. The van der Waals surface area contributed by atoms with Crippen LogP contribution in [0.3, 0.4) is 0 Å². The monoisotopic (exact) mass is 401 g/mol. The summed E-state index contributed by atoms with van der Waals surface area (Å²) in [5, 5.41) is 13.6. The molecular formula is C24H35NO4. The quantitative estimate of drug-likeness (QED) is 0.549. The predicted molar refractivity (Wildman–Crippen MR) is 111 cm³/mol. The minimum atomic E-state index is -1.13. The summed E-state index contributed by atoms with van der Waals surface area (Å²) < 4.78 is 6.17. The van der Waals surface area contributed by atoms with Crippen molar-refractivity contribution in [3.63, 3.8) is 0 Å². The number of hydrogen-bond donors (Lipinski definition) is 2. The molecule has 5 heteroatoms. The molecule has 2 aliphatic heterocycles. The molecule has 2 heterocycles. The number of aliphatic hydroxyl groups is 1. The van der Waals surface area contributed by atoms with Crippen LogP contribution in [0.2, 0.25) is 0 Å². The summed E-state index contributed by atoms with van der Waals surface area (Å²) in [5.41, 5.74) is 1.30. The number of carbonyl (C=O) groups excluding carboxylic acids is 2. The van der Waals surface area contributed by atoms with Gasteiger partial charge in [0.05, 0.1) is 12.0 Å². The first-order valence-electron chi connectivity index (χ1n) is 11.2. The number of esters is 1. The average molecular weight is 402 g/mol.